The van der Waals surface area contributed by atoms with Gasteiger partial charge in [-0.25, -0.2) is 4.79 Å². The van der Waals surface area contributed by atoms with Crippen molar-refractivity contribution in [3.05, 3.63) is 11.6 Å². The van der Waals surface area contributed by atoms with Gasteiger partial charge in [0, 0.05) is 6.08 Å². The van der Waals surface area contributed by atoms with Crippen LogP contribution >= 0.6 is 0 Å². The molecule has 1 aliphatic rings. The Hall–Kier alpha value is -0.790. The van der Waals surface area contributed by atoms with Crippen LogP contribution in [0.25, 0.3) is 0 Å². The highest BCUT2D eigenvalue weighted by Crippen LogP contribution is 2.27. The van der Waals surface area contributed by atoms with E-state index in [9.17, 15) is 4.79 Å². The molecule has 1 aliphatic carbocycles. The molecule has 0 aromatic heterocycles. The maximum atomic E-state index is 10.3. The van der Waals surface area contributed by atoms with Crippen molar-refractivity contribution in [1.29, 1.82) is 0 Å². The molecule has 1 N–H and O–H groups in total. The zero-order chi connectivity index (χ0) is 8.27. The van der Waals surface area contributed by atoms with Crippen LogP contribution in [0.2, 0.25) is 0 Å². The molecule has 62 valence electrons. The van der Waals surface area contributed by atoms with Crippen LogP contribution in [-0.4, -0.2) is 11.1 Å². The third-order valence-electron chi connectivity index (χ3n) is 2.13. The van der Waals surface area contributed by atoms with Crippen LogP contribution < -0.4 is 0 Å². The Labute approximate surface area is 66.9 Å². The lowest BCUT2D eigenvalue weighted by atomic mass is 9.87. The molecule has 1 atom stereocenters. The molecule has 0 spiro atoms. The average Bonchev–Trinajstić information content (AvgIpc) is 1.85. The highest BCUT2D eigenvalue weighted by Gasteiger charge is 2.12. The van der Waals surface area contributed by atoms with Gasteiger partial charge >= 0.3 is 5.97 Å². The monoisotopic (exact) mass is 154 g/mol. The van der Waals surface area contributed by atoms with Crippen LogP contribution in [0, 0.1) is 5.92 Å². The molecule has 1 rings (SSSR count). The van der Waals surface area contributed by atoms with Crippen LogP contribution in [0.3, 0.4) is 0 Å². The number of hydrogen-bond acceptors (Lipinski definition) is 1. The maximum Gasteiger partial charge on any atom is 0.328 e. The molecule has 0 aliphatic heterocycles. The van der Waals surface area contributed by atoms with E-state index in [1.165, 1.54) is 12.5 Å². The van der Waals surface area contributed by atoms with E-state index < -0.39 is 5.97 Å². The lowest BCUT2D eigenvalue weighted by Gasteiger charge is -2.19. The van der Waals surface area contributed by atoms with Crippen LogP contribution in [0.4, 0.5) is 0 Å². The van der Waals surface area contributed by atoms with Crippen LogP contribution in [0.1, 0.15) is 32.6 Å². The molecule has 0 bridgehead atoms. The van der Waals surface area contributed by atoms with Crippen LogP contribution in [0.15, 0.2) is 11.6 Å². The average molecular weight is 154 g/mol. The van der Waals surface area contributed by atoms with Crippen molar-refractivity contribution in [3.63, 3.8) is 0 Å². The van der Waals surface area contributed by atoms with Gasteiger partial charge in [0.25, 0.3) is 0 Å². The van der Waals surface area contributed by atoms with Gasteiger partial charge in [0.05, 0.1) is 0 Å². The lowest BCUT2D eigenvalue weighted by molar-refractivity contribution is -0.131. The fraction of sp³-hybridized carbons (Fsp3) is 0.667. The summed E-state index contributed by atoms with van der Waals surface area (Å²) in [4.78, 5) is 10.3. The van der Waals surface area contributed by atoms with Gasteiger partial charge in [0.1, 0.15) is 0 Å². The topological polar surface area (TPSA) is 37.3 Å². The minimum absolute atomic E-state index is 0.675. The summed E-state index contributed by atoms with van der Waals surface area (Å²) < 4.78 is 0. The first-order valence-corrected chi connectivity index (χ1v) is 4.11. The van der Waals surface area contributed by atoms with E-state index in [1.807, 2.05) is 0 Å². The van der Waals surface area contributed by atoms with E-state index in [1.54, 1.807) is 0 Å². The molecule has 2 heteroatoms. The van der Waals surface area contributed by atoms with Crippen molar-refractivity contribution in [1.82, 2.24) is 0 Å². The summed E-state index contributed by atoms with van der Waals surface area (Å²) in [7, 11) is 0. The van der Waals surface area contributed by atoms with Crippen molar-refractivity contribution in [2.24, 2.45) is 5.92 Å². The largest absolute Gasteiger partial charge is 0.478 e. The van der Waals surface area contributed by atoms with E-state index >= 15 is 0 Å². The molecular weight excluding hydrogens is 140 g/mol. The Morgan fingerprint density at radius 3 is 3.00 bits per heavy atom. The summed E-state index contributed by atoms with van der Waals surface area (Å²) in [5.74, 6) is -0.122. The predicted molar refractivity (Wildman–Crippen MR) is 43.4 cm³/mol. The SMILES string of the molecule is CC1CCC/C(=C\C(=O)O)C1. The standard InChI is InChI=1S/C9H14O2/c1-7-3-2-4-8(5-7)6-9(10)11/h6-7H,2-5H2,1H3,(H,10,11)/b8-6+. The molecule has 0 amide bonds. The first-order chi connectivity index (χ1) is 5.18. The molecule has 2 nitrogen and oxygen atoms in total. The van der Waals surface area contributed by atoms with Gasteiger partial charge in [-0.3, -0.25) is 0 Å². The number of aliphatic carboxylic acids is 1. The number of rotatable bonds is 1. The van der Waals surface area contributed by atoms with Gasteiger partial charge < -0.3 is 5.11 Å². The lowest BCUT2D eigenvalue weighted by Crippen LogP contribution is -2.05. The van der Waals surface area contributed by atoms with Crippen molar-refractivity contribution in [3.8, 4) is 0 Å². The number of carboxylic acids is 1. The molecule has 1 fully saturated rings. The number of carbonyl (C=O) groups is 1. The highest BCUT2D eigenvalue weighted by molar-refractivity contribution is 5.80. The zero-order valence-corrected chi connectivity index (χ0v) is 6.84. The van der Waals surface area contributed by atoms with Gasteiger partial charge in [0.15, 0.2) is 0 Å². The fourth-order valence-electron chi connectivity index (χ4n) is 1.64. The Kier molecular flexibility index (Phi) is 2.69. The van der Waals surface area contributed by atoms with Crippen molar-refractivity contribution in [2.45, 2.75) is 32.6 Å². The van der Waals surface area contributed by atoms with Crippen LogP contribution in [-0.2, 0) is 4.79 Å². The first kappa shape index (κ1) is 8.31. The molecule has 11 heavy (non-hydrogen) atoms. The summed E-state index contributed by atoms with van der Waals surface area (Å²) in [6, 6.07) is 0. The summed E-state index contributed by atoms with van der Waals surface area (Å²) in [6.45, 7) is 2.18. The minimum Gasteiger partial charge on any atom is -0.478 e. The second-order valence-electron chi connectivity index (χ2n) is 3.34. The number of carboxylic acid groups (broad SMARTS) is 1. The highest BCUT2D eigenvalue weighted by atomic mass is 16.4. The third-order valence-corrected chi connectivity index (χ3v) is 2.13. The van der Waals surface area contributed by atoms with E-state index in [0.717, 1.165) is 24.8 Å². The van der Waals surface area contributed by atoms with Crippen molar-refractivity contribution >= 4 is 5.97 Å². The molecule has 0 heterocycles. The van der Waals surface area contributed by atoms with Gasteiger partial charge in [-0.05, 0) is 25.2 Å². The van der Waals surface area contributed by atoms with Gasteiger partial charge in [-0.1, -0.05) is 18.9 Å². The normalized spacial score (nSPS) is 28.8. The van der Waals surface area contributed by atoms with E-state index in [0.29, 0.717) is 5.92 Å². The number of allylic oxidation sites excluding steroid dienone is 1. The Bertz CT molecular complexity index is 182. The molecule has 0 aromatic carbocycles. The van der Waals surface area contributed by atoms with Gasteiger partial charge in [-0.2, -0.15) is 0 Å². The van der Waals surface area contributed by atoms with Crippen LogP contribution in [0.5, 0.6) is 0 Å². The van der Waals surface area contributed by atoms with Crippen molar-refractivity contribution < 1.29 is 9.90 Å². The minimum atomic E-state index is -0.797. The molecule has 0 saturated heterocycles. The molecular formula is C9H14O2. The predicted octanol–water partition coefficient (Wildman–Crippen LogP) is 2.21. The molecule has 1 unspecified atom stereocenters. The summed E-state index contributed by atoms with van der Waals surface area (Å²) in [6.07, 6.45) is 5.73. The van der Waals surface area contributed by atoms with Gasteiger partial charge in [0.2, 0.25) is 0 Å². The molecule has 1 saturated carbocycles. The third kappa shape index (κ3) is 2.74. The second kappa shape index (κ2) is 3.56. The zero-order valence-electron chi connectivity index (χ0n) is 6.84. The van der Waals surface area contributed by atoms with E-state index in [-0.39, 0.29) is 0 Å². The van der Waals surface area contributed by atoms with E-state index in [4.69, 9.17) is 5.11 Å². The smallest absolute Gasteiger partial charge is 0.328 e. The quantitative estimate of drug-likeness (QED) is 0.588. The fourth-order valence-corrected chi connectivity index (χ4v) is 1.64. The molecule has 0 aromatic rings. The van der Waals surface area contributed by atoms with E-state index in [2.05, 4.69) is 6.92 Å². The Morgan fingerprint density at radius 2 is 2.45 bits per heavy atom. The molecule has 0 radical (unpaired) electrons. The van der Waals surface area contributed by atoms with Gasteiger partial charge in [-0.15, -0.1) is 0 Å². The van der Waals surface area contributed by atoms with Crippen molar-refractivity contribution in [2.75, 3.05) is 0 Å². The summed E-state index contributed by atoms with van der Waals surface area (Å²) >= 11 is 0. The Balaban J connectivity index is 2.52. The second-order valence-corrected chi connectivity index (χ2v) is 3.34. The Morgan fingerprint density at radius 1 is 1.73 bits per heavy atom. The number of hydrogen-bond donors (Lipinski definition) is 1. The maximum absolute atomic E-state index is 10.3. The summed E-state index contributed by atoms with van der Waals surface area (Å²) in [5, 5.41) is 8.48. The summed E-state index contributed by atoms with van der Waals surface area (Å²) in [5.41, 5.74) is 1.11. The first-order valence-electron chi connectivity index (χ1n) is 4.11.